The van der Waals surface area contributed by atoms with Gasteiger partial charge in [-0.2, -0.15) is 0 Å². The van der Waals surface area contributed by atoms with E-state index < -0.39 is 5.60 Å². The van der Waals surface area contributed by atoms with E-state index >= 15 is 0 Å². The number of aliphatic hydroxyl groups excluding tert-OH is 1. The van der Waals surface area contributed by atoms with Crippen LogP contribution < -0.4 is 4.90 Å². The van der Waals surface area contributed by atoms with Gasteiger partial charge in [-0.1, -0.05) is 6.07 Å². The van der Waals surface area contributed by atoms with E-state index in [2.05, 4.69) is 9.88 Å². The van der Waals surface area contributed by atoms with Crippen molar-refractivity contribution in [2.45, 2.75) is 32.0 Å². The minimum Gasteiger partial charge on any atom is -0.392 e. The van der Waals surface area contributed by atoms with Crippen molar-refractivity contribution in [3.8, 4) is 0 Å². The zero-order valence-corrected chi connectivity index (χ0v) is 9.56. The molecule has 0 radical (unpaired) electrons. The van der Waals surface area contributed by atoms with E-state index in [1.165, 1.54) is 0 Å². The maximum absolute atomic E-state index is 10.00. The van der Waals surface area contributed by atoms with Crippen LogP contribution in [0.15, 0.2) is 18.3 Å². The Morgan fingerprint density at radius 2 is 2.31 bits per heavy atom. The van der Waals surface area contributed by atoms with Crippen LogP contribution in [-0.4, -0.2) is 33.9 Å². The summed E-state index contributed by atoms with van der Waals surface area (Å²) >= 11 is 0. The van der Waals surface area contributed by atoms with Crippen LogP contribution in [0, 0.1) is 0 Å². The Morgan fingerprint density at radius 3 is 2.88 bits per heavy atom. The minimum atomic E-state index is -0.615. The zero-order chi connectivity index (χ0) is 11.6. The topological polar surface area (TPSA) is 56.6 Å². The van der Waals surface area contributed by atoms with E-state index in [-0.39, 0.29) is 6.61 Å². The lowest BCUT2D eigenvalue weighted by Crippen LogP contribution is -2.46. The summed E-state index contributed by atoms with van der Waals surface area (Å²) in [6.07, 6.45) is 3.51. The first-order valence-corrected chi connectivity index (χ1v) is 5.64. The molecule has 1 fully saturated rings. The van der Waals surface area contributed by atoms with Crippen molar-refractivity contribution in [1.29, 1.82) is 0 Å². The molecule has 0 spiro atoms. The third-order valence-corrected chi connectivity index (χ3v) is 2.99. The smallest absolute Gasteiger partial charge is 0.128 e. The number of hydrogen-bond acceptors (Lipinski definition) is 4. The lowest BCUT2D eigenvalue weighted by Gasteiger charge is -2.37. The largest absolute Gasteiger partial charge is 0.392 e. The van der Waals surface area contributed by atoms with Gasteiger partial charge in [-0.15, -0.1) is 0 Å². The first-order chi connectivity index (χ1) is 7.61. The van der Waals surface area contributed by atoms with Gasteiger partial charge >= 0.3 is 0 Å². The van der Waals surface area contributed by atoms with Crippen LogP contribution in [0.3, 0.4) is 0 Å². The monoisotopic (exact) mass is 222 g/mol. The summed E-state index contributed by atoms with van der Waals surface area (Å²) in [6, 6.07) is 3.76. The highest BCUT2D eigenvalue weighted by Crippen LogP contribution is 2.24. The number of aliphatic hydroxyl groups is 2. The molecule has 1 aliphatic rings. The average Bonchev–Trinajstić information content (AvgIpc) is 2.28. The molecular weight excluding hydrogens is 204 g/mol. The number of rotatable bonds is 2. The number of β-amino-alcohol motifs (C(OH)–C–C–N with tert-alkyl or cyclic N) is 1. The van der Waals surface area contributed by atoms with Crippen molar-refractivity contribution in [2.24, 2.45) is 0 Å². The first-order valence-electron chi connectivity index (χ1n) is 5.64. The number of anilines is 1. The molecular formula is C12H18N2O2. The van der Waals surface area contributed by atoms with Gasteiger partial charge in [0.05, 0.1) is 12.2 Å². The second-order valence-corrected chi connectivity index (χ2v) is 4.70. The van der Waals surface area contributed by atoms with Crippen LogP contribution in [-0.2, 0) is 6.61 Å². The lowest BCUT2D eigenvalue weighted by atomic mass is 9.95. The maximum Gasteiger partial charge on any atom is 0.128 e. The van der Waals surface area contributed by atoms with Crippen LogP contribution >= 0.6 is 0 Å². The average molecular weight is 222 g/mol. The fourth-order valence-corrected chi connectivity index (χ4v) is 2.11. The number of hydrogen-bond donors (Lipinski definition) is 2. The summed E-state index contributed by atoms with van der Waals surface area (Å²) in [5, 5.41) is 18.9. The van der Waals surface area contributed by atoms with Crippen LogP contribution in [0.1, 0.15) is 25.3 Å². The van der Waals surface area contributed by atoms with Crippen molar-refractivity contribution < 1.29 is 10.2 Å². The molecule has 0 bridgehead atoms. The highest BCUT2D eigenvalue weighted by molar-refractivity contribution is 5.40. The standard InChI is InChI=1S/C12H18N2O2/c1-12(16)5-2-6-14(9-12)11-4-3-10(8-15)7-13-11/h3-4,7,15-16H,2,5-6,8-9H2,1H3. The number of aromatic nitrogens is 1. The highest BCUT2D eigenvalue weighted by atomic mass is 16.3. The van der Waals surface area contributed by atoms with E-state index in [4.69, 9.17) is 5.11 Å². The molecule has 0 saturated carbocycles. The minimum absolute atomic E-state index is 0.0188. The summed E-state index contributed by atoms with van der Waals surface area (Å²) in [5.41, 5.74) is 0.197. The predicted octanol–water partition coefficient (Wildman–Crippen LogP) is 0.925. The van der Waals surface area contributed by atoms with E-state index in [1.807, 2.05) is 19.1 Å². The number of nitrogens with zero attached hydrogens (tertiary/aromatic N) is 2. The van der Waals surface area contributed by atoms with Crippen molar-refractivity contribution in [3.05, 3.63) is 23.9 Å². The van der Waals surface area contributed by atoms with Crippen molar-refractivity contribution in [2.75, 3.05) is 18.0 Å². The van der Waals surface area contributed by atoms with E-state index in [0.717, 1.165) is 30.8 Å². The van der Waals surface area contributed by atoms with Crippen LogP contribution in [0.25, 0.3) is 0 Å². The Bertz CT molecular complexity index is 349. The molecule has 4 heteroatoms. The maximum atomic E-state index is 10.00. The van der Waals surface area contributed by atoms with Crippen molar-refractivity contribution in [3.63, 3.8) is 0 Å². The molecule has 88 valence electrons. The van der Waals surface area contributed by atoms with Gasteiger partial charge in [0.15, 0.2) is 0 Å². The Labute approximate surface area is 95.5 Å². The molecule has 16 heavy (non-hydrogen) atoms. The fourth-order valence-electron chi connectivity index (χ4n) is 2.11. The van der Waals surface area contributed by atoms with Crippen LogP contribution in [0.2, 0.25) is 0 Å². The number of pyridine rings is 1. The lowest BCUT2D eigenvalue weighted by molar-refractivity contribution is 0.0447. The molecule has 2 rings (SSSR count). The van der Waals surface area contributed by atoms with Gasteiger partial charge < -0.3 is 15.1 Å². The molecule has 1 unspecified atom stereocenters. The molecule has 1 aliphatic heterocycles. The van der Waals surface area contributed by atoms with Gasteiger partial charge in [0, 0.05) is 19.3 Å². The number of piperidine rings is 1. The predicted molar refractivity (Wildman–Crippen MR) is 62.2 cm³/mol. The summed E-state index contributed by atoms with van der Waals surface area (Å²) in [5.74, 6) is 0.872. The molecule has 1 saturated heterocycles. The Morgan fingerprint density at radius 1 is 1.50 bits per heavy atom. The van der Waals surface area contributed by atoms with Gasteiger partial charge in [0.2, 0.25) is 0 Å². The summed E-state index contributed by atoms with van der Waals surface area (Å²) < 4.78 is 0. The van der Waals surface area contributed by atoms with E-state index in [1.54, 1.807) is 6.20 Å². The quantitative estimate of drug-likeness (QED) is 0.781. The molecule has 1 aromatic rings. The molecule has 1 atom stereocenters. The first kappa shape index (κ1) is 11.4. The molecule has 0 aliphatic carbocycles. The fraction of sp³-hybridized carbons (Fsp3) is 0.583. The zero-order valence-electron chi connectivity index (χ0n) is 9.56. The third-order valence-electron chi connectivity index (χ3n) is 2.99. The van der Waals surface area contributed by atoms with Crippen molar-refractivity contribution >= 4 is 5.82 Å². The SMILES string of the molecule is CC1(O)CCCN(c2ccc(CO)cn2)C1. The van der Waals surface area contributed by atoms with E-state index in [9.17, 15) is 5.11 Å². The normalized spacial score (nSPS) is 25.8. The summed E-state index contributed by atoms with van der Waals surface area (Å²) in [6.45, 7) is 3.44. The molecule has 4 nitrogen and oxygen atoms in total. The van der Waals surface area contributed by atoms with Gasteiger partial charge in [0.1, 0.15) is 5.82 Å². The second-order valence-electron chi connectivity index (χ2n) is 4.70. The third kappa shape index (κ3) is 2.51. The van der Waals surface area contributed by atoms with Gasteiger partial charge in [0.25, 0.3) is 0 Å². The molecule has 2 heterocycles. The van der Waals surface area contributed by atoms with E-state index in [0.29, 0.717) is 6.54 Å². The Hall–Kier alpha value is -1.13. The van der Waals surface area contributed by atoms with Gasteiger partial charge in [-0.05, 0) is 31.4 Å². The molecule has 1 aromatic heterocycles. The van der Waals surface area contributed by atoms with Crippen LogP contribution in [0.5, 0.6) is 0 Å². The second kappa shape index (κ2) is 4.39. The highest BCUT2D eigenvalue weighted by Gasteiger charge is 2.28. The molecule has 0 amide bonds. The van der Waals surface area contributed by atoms with Crippen molar-refractivity contribution in [1.82, 2.24) is 4.98 Å². The van der Waals surface area contributed by atoms with Crippen LogP contribution in [0.4, 0.5) is 5.82 Å². The molecule has 0 aromatic carbocycles. The Balaban J connectivity index is 2.11. The van der Waals surface area contributed by atoms with Gasteiger partial charge in [-0.3, -0.25) is 0 Å². The summed E-state index contributed by atoms with van der Waals surface area (Å²) in [7, 11) is 0. The summed E-state index contributed by atoms with van der Waals surface area (Å²) in [4.78, 5) is 6.38. The molecule has 2 N–H and O–H groups in total. The Kier molecular flexibility index (Phi) is 3.12. The van der Waals surface area contributed by atoms with Gasteiger partial charge in [-0.25, -0.2) is 4.98 Å².